The number of pyridine rings is 1. The Kier molecular flexibility index (Phi) is 3.50. The summed E-state index contributed by atoms with van der Waals surface area (Å²) in [6.07, 6.45) is 2.01. The fourth-order valence-corrected chi connectivity index (χ4v) is 2.65. The number of anilines is 1. The van der Waals surface area contributed by atoms with Gasteiger partial charge in [0.05, 0.1) is 6.42 Å². The fourth-order valence-electron chi connectivity index (χ4n) is 2.65. The highest BCUT2D eigenvalue weighted by atomic mass is 16.3. The van der Waals surface area contributed by atoms with E-state index in [0.717, 1.165) is 12.0 Å². The first-order chi connectivity index (χ1) is 10.5. The molecule has 5 nitrogen and oxygen atoms in total. The number of aliphatic hydroxyl groups is 1. The minimum absolute atomic E-state index is 0.238. The molecule has 0 bridgehead atoms. The maximum atomic E-state index is 12.3. The molecule has 2 heterocycles. The van der Waals surface area contributed by atoms with Gasteiger partial charge in [-0.1, -0.05) is 25.1 Å². The van der Waals surface area contributed by atoms with Gasteiger partial charge in [-0.25, -0.2) is 0 Å². The molecule has 1 aliphatic heterocycles. The molecule has 0 fully saturated rings. The van der Waals surface area contributed by atoms with Crippen LogP contribution in [0.2, 0.25) is 0 Å². The van der Waals surface area contributed by atoms with Crippen LogP contribution in [0.15, 0.2) is 42.6 Å². The van der Waals surface area contributed by atoms with E-state index in [1.165, 1.54) is 6.20 Å². The van der Waals surface area contributed by atoms with Crippen molar-refractivity contribution in [3.05, 3.63) is 59.4 Å². The molecule has 0 saturated carbocycles. The SMILES string of the molecule is CCc1ccc2c(c1)NC(=O)C2(O)CC(=O)c1ccccn1. The number of hydrogen-bond acceptors (Lipinski definition) is 4. The number of nitrogens with one attached hydrogen (secondary N) is 1. The molecule has 1 aliphatic rings. The highest BCUT2D eigenvalue weighted by Gasteiger charge is 2.46. The lowest BCUT2D eigenvalue weighted by Crippen LogP contribution is -2.36. The summed E-state index contributed by atoms with van der Waals surface area (Å²) in [6, 6.07) is 10.4. The smallest absolute Gasteiger partial charge is 0.261 e. The Bertz CT molecular complexity index is 743. The van der Waals surface area contributed by atoms with E-state index in [1.54, 1.807) is 24.3 Å². The van der Waals surface area contributed by atoms with Crippen LogP contribution < -0.4 is 5.32 Å². The molecule has 0 radical (unpaired) electrons. The molecular weight excluding hydrogens is 280 g/mol. The number of benzene rings is 1. The number of nitrogens with zero attached hydrogens (tertiary/aromatic N) is 1. The molecule has 1 amide bonds. The summed E-state index contributed by atoms with van der Waals surface area (Å²) in [6.45, 7) is 2.01. The summed E-state index contributed by atoms with van der Waals surface area (Å²) in [5, 5.41) is 13.4. The first kappa shape index (κ1) is 14.4. The van der Waals surface area contributed by atoms with Crippen molar-refractivity contribution in [1.82, 2.24) is 4.98 Å². The lowest BCUT2D eigenvalue weighted by atomic mass is 9.88. The molecule has 1 aromatic carbocycles. The van der Waals surface area contributed by atoms with Crippen molar-refractivity contribution < 1.29 is 14.7 Å². The van der Waals surface area contributed by atoms with Crippen molar-refractivity contribution in [2.75, 3.05) is 5.32 Å². The minimum Gasteiger partial charge on any atom is -0.375 e. The van der Waals surface area contributed by atoms with E-state index in [2.05, 4.69) is 10.3 Å². The van der Waals surface area contributed by atoms with Crippen molar-refractivity contribution >= 4 is 17.4 Å². The number of fused-ring (bicyclic) bond motifs is 1. The zero-order valence-electron chi connectivity index (χ0n) is 12.2. The van der Waals surface area contributed by atoms with Crippen molar-refractivity contribution in [2.45, 2.75) is 25.4 Å². The Balaban J connectivity index is 1.94. The Morgan fingerprint density at radius 3 is 2.82 bits per heavy atom. The molecular formula is C17H16N2O3. The van der Waals surface area contributed by atoms with Crippen molar-refractivity contribution in [2.24, 2.45) is 0 Å². The quantitative estimate of drug-likeness (QED) is 0.846. The van der Waals surface area contributed by atoms with Gasteiger partial charge in [-0.3, -0.25) is 14.6 Å². The number of ketones is 1. The lowest BCUT2D eigenvalue weighted by molar-refractivity contribution is -0.133. The van der Waals surface area contributed by atoms with E-state index in [-0.39, 0.29) is 17.9 Å². The van der Waals surface area contributed by atoms with Gasteiger partial charge >= 0.3 is 0 Å². The van der Waals surface area contributed by atoms with Crippen LogP contribution in [0.5, 0.6) is 0 Å². The van der Waals surface area contributed by atoms with Gasteiger partial charge in [-0.05, 0) is 30.2 Å². The van der Waals surface area contributed by atoms with Crippen LogP contribution in [0.3, 0.4) is 0 Å². The van der Waals surface area contributed by atoms with Crippen LogP contribution in [-0.2, 0) is 16.8 Å². The van der Waals surface area contributed by atoms with Gasteiger partial charge in [0.25, 0.3) is 5.91 Å². The normalized spacial score (nSPS) is 19.6. The summed E-state index contributed by atoms with van der Waals surface area (Å²) in [5.41, 5.74) is 0.470. The molecule has 0 aliphatic carbocycles. The second-order valence-corrected chi connectivity index (χ2v) is 5.36. The third-order valence-electron chi connectivity index (χ3n) is 3.93. The first-order valence-electron chi connectivity index (χ1n) is 7.16. The predicted octanol–water partition coefficient (Wildman–Crippen LogP) is 2.06. The third-order valence-corrected chi connectivity index (χ3v) is 3.93. The molecule has 1 unspecified atom stereocenters. The van der Waals surface area contributed by atoms with Gasteiger partial charge in [0, 0.05) is 17.4 Å². The van der Waals surface area contributed by atoms with E-state index in [1.807, 2.05) is 19.1 Å². The number of rotatable bonds is 4. The zero-order valence-corrected chi connectivity index (χ0v) is 12.2. The number of aromatic nitrogens is 1. The van der Waals surface area contributed by atoms with E-state index in [0.29, 0.717) is 11.3 Å². The first-order valence-corrected chi connectivity index (χ1v) is 7.16. The summed E-state index contributed by atoms with van der Waals surface area (Å²) in [4.78, 5) is 28.4. The molecule has 3 rings (SSSR count). The van der Waals surface area contributed by atoms with Crippen LogP contribution in [0, 0.1) is 0 Å². The number of Topliss-reactive ketones (excluding diaryl/α,β-unsaturated/α-hetero) is 1. The summed E-state index contributed by atoms with van der Waals surface area (Å²) >= 11 is 0. The van der Waals surface area contributed by atoms with Crippen molar-refractivity contribution in [3.63, 3.8) is 0 Å². The second kappa shape index (κ2) is 5.35. The van der Waals surface area contributed by atoms with Gasteiger partial charge in [0.15, 0.2) is 11.4 Å². The molecule has 22 heavy (non-hydrogen) atoms. The summed E-state index contributed by atoms with van der Waals surface area (Å²) < 4.78 is 0. The Labute approximate surface area is 128 Å². The average molecular weight is 296 g/mol. The van der Waals surface area contributed by atoms with E-state index in [9.17, 15) is 14.7 Å². The van der Waals surface area contributed by atoms with E-state index in [4.69, 9.17) is 0 Å². The maximum Gasteiger partial charge on any atom is 0.261 e. The molecule has 1 atom stereocenters. The predicted molar refractivity (Wildman–Crippen MR) is 81.5 cm³/mol. The molecule has 2 N–H and O–H groups in total. The Morgan fingerprint density at radius 2 is 2.14 bits per heavy atom. The minimum atomic E-state index is -1.84. The lowest BCUT2D eigenvalue weighted by Gasteiger charge is -2.19. The average Bonchev–Trinajstić information content (AvgIpc) is 2.78. The van der Waals surface area contributed by atoms with Crippen molar-refractivity contribution in [1.29, 1.82) is 0 Å². The van der Waals surface area contributed by atoms with Crippen LogP contribution in [-0.4, -0.2) is 21.8 Å². The molecule has 1 aromatic heterocycles. The zero-order chi connectivity index (χ0) is 15.7. The van der Waals surface area contributed by atoms with Gasteiger partial charge in [-0.2, -0.15) is 0 Å². The van der Waals surface area contributed by atoms with E-state index < -0.39 is 11.5 Å². The molecule has 0 saturated heterocycles. The Morgan fingerprint density at radius 1 is 1.32 bits per heavy atom. The summed E-state index contributed by atoms with van der Waals surface area (Å²) in [5.74, 6) is -0.939. The summed E-state index contributed by atoms with van der Waals surface area (Å²) in [7, 11) is 0. The van der Waals surface area contributed by atoms with Gasteiger partial charge in [0.1, 0.15) is 5.69 Å². The number of amides is 1. The number of carbonyl (C=O) groups excluding carboxylic acids is 2. The van der Waals surface area contributed by atoms with Gasteiger partial charge in [-0.15, -0.1) is 0 Å². The maximum absolute atomic E-state index is 12.3. The topological polar surface area (TPSA) is 79.3 Å². The fraction of sp³-hybridized carbons (Fsp3) is 0.235. The van der Waals surface area contributed by atoms with Crippen LogP contribution in [0.1, 0.15) is 35.0 Å². The number of carbonyl (C=O) groups is 2. The van der Waals surface area contributed by atoms with Crippen LogP contribution in [0.25, 0.3) is 0 Å². The van der Waals surface area contributed by atoms with Crippen molar-refractivity contribution in [3.8, 4) is 0 Å². The number of hydrogen-bond donors (Lipinski definition) is 2. The Hall–Kier alpha value is -2.53. The largest absolute Gasteiger partial charge is 0.375 e. The van der Waals surface area contributed by atoms with Crippen LogP contribution in [0.4, 0.5) is 5.69 Å². The van der Waals surface area contributed by atoms with E-state index >= 15 is 0 Å². The highest BCUT2D eigenvalue weighted by molar-refractivity contribution is 6.09. The van der Waals surface area contributed by atoms with Gasteiger partial charge < -0.3 is 10.4 Å². The second-order valence-electron chi connectivity index (χ2n) is 5.36. The molecule has 0 spiro atoms. The standard InChI is InChI=1S/C17H16N2O3/c1-2-11-6-7-12-14(9-11)19-16(21)17(12,22)10-15(20)13-5-3-4-8-18-13/h3-9,22H,2,10H2,1H3,(H,19,21). The van der Waals surface area contributed by atoms with Gasteiger partial charge in [0.2, 0.25) is 0 Å². The molecule has 112 valence electrons. The highest BCUT2D eigenvalue weighted by Crippen LogP contribution is 2.39. The monoisotopic (exact) mass is 296 g/mol. The molecule has 5 heteroatoms. The third kappa shape index (κ3) is 2.29. The molecule has 2 aromatic rings. The number of aryl methyl sites for hydroxylation is 1. The van der Waals surface area contributed by atoms with Crippen LogP contribution >= 0.6 is 0 Å².